The van der Waals surface area contributed by atoms with Crippen LogP contribution in [0.5, 0.6) is 0 Å². The number of nitrogens with zero attached hydrogens (tertiary/aromatic N) is 1. The molecule has 0 spiro atoms. The van der Waals surface area contributed by atoms with Crippen LogP contribution in [0, 0.1) is 5.82 Å². The van der Waals surface area contributed by atoms with Crippen molar-refractivity contribution in [2.45, 2.75) is 0 Å². The number of aromatic nitrogens is 1. The molecule has 18 heavy (non-hydrogen) atoms. The molecule has 0 unspecified atom stereocenters. The number of anilines is 3. The molecule has 0 fully saturated rings. The van der Waals surface area contributed by atoms with Gasteiger partial charge in [-0.2, -0.15) is 0 Å². The second-order valence-corrected chi connectivity index (χ2v) is 4.36. The van der Waals surface area contributed by atoms with Gasteiger partial charge in [0.25, 0.3) is 0 Å². The Bertz CT molecular complexity index is 552. The van der Waals surface area contributed by atoms with Crippen LogP contribution < -0.4 is 10.6 Å². The number of hydrogen-bond donors (Lipinski definition) is 2. The molecule has 2 N–H and O–H groups in total. The van der Waals surface area contributed by atoms with E-state index < -0.39 is 5.82 Å². The Labute approximate surface area is 114 Å². The summed E-state index contributed by atoms with van der Waals surface area (Å²) in [6.07, 6.45) is 1.64. The highest BCUT2D eigenvalue weighted by molar-refractivity contribution is 6.39. The van der Waals surface area contributed by atoms with Crippen molar-refractivity contribution >= 4 is 40.4 Å². The zero-order valence-corrected chi connectivity index (χ0v) is 11.0. The van der Waals surface area contributed by atoms with Gasteiger partial charge in [-0.05, 0) is 18.2 Å². The van der Waals surface area contributed by atoms with Gasteiger partial charge < -0.3 is 10.6 Å². The van der Waals surface area contributed by atoms with E-state index in [9.17, 15) is 4.39 Å². The van der Waals surface area contributed by atoms with Gasteiger partial charge in [-0.25, -0.2) is 9.37 Å². The van der Waals surface area contributed by atoms with Crippen LogP contribution in [0.15, 0.2) is 30.5 Å². The van der Waals surface area contributed by atoms with Crippen LogP contribution in [-0.2, 0) is 0 Å². The number of halogens is 3. The molecular formula is C12H10Cl2FN3. The van der Waals surface area contributed by atoms with E-state index >= 15 is 0 Å². The van der Waals surface area contributed by atoms with Crippen LogP contribution in [0.3, 0.4) is 0 Å². The lowest BCUT2D eigenvalue weighted by atomic mass is 10.3. The minimum atomic E-state index is -0.471. The molecule has 2 aromatic rings. The summed E-state index contributed by atoms with van der Waals surface area (Å²) < 4.78 is 13.0. The van der Waals surface area contributed by atoms with E-state index in [0.29, 0.717) is 11.5 Å². The molecule has 0 amide bonds. The van der Waals surface area contributed by atoms with Gasteiger partial charge in [-0.3, -0.25) is 0 Å². The number of nitrogens with one attached hydrogen (secondary N) is 2. The van der Waals surface area contributed by atoms with E-state index in [1.807, 2.05) is 0 Å². The fourth-order valence-electron chi connectivity index (χ4n) is 1.45. The Hall–Kier alpha value is -1.52. The molecular weight excluding hydrogens is 276 g/mol. The highest BCUT2D eigenvalue weighted by Gasteiger charge is 2.09. The molecule has 1 aromatic carbocycles. The molecule has 0 aliphatic heterocycles. The lowest BCUT2D eigenvalue weighted by Crippen LogP contribution is -1.96. The molecule has 1 heterocycles. The smallest absolute Gasteiger partial charge is 0.127 e. The molecule has 0 radical (unpaired) electrons. The monoisotopic (exact) mass is 285 g/mol. The van der Waals surface area contributed by atoms with E-state index in [1.54, 1.807) is 25.4 Å². The normalized spacial score (nSPS) is 10.2. The molecule has 0 atom stereocenters. The number of pyridine rings is 1. The molecule has 94 valence electrons. The van der Waals surface area contributed by atoms with Gasteiger partial charge in [-0.15, -0.1) is 0 Å². The summed E-state index contributed by atoms with van der Waals surface area (Å²) in [5.41, 5.74) is 1.22. The van der Waals surface area contributed by atoms with Crippen molar-refractivity contribution in [1.29, 1.82) is 0 Å². The van der Waals surface area contributed by atoms with Crippen LogP contribution in [0.1, 0.15) is 0 Å². The molecule has 6 heteroatoms. The quantitative estimate of drug-likeness (QED) is 0.882. The average molecular weight is 286 g/mol. The summed E-state index contributed by atoms with van der Waals surface area (Å²) in [6, 6.07) is 5.96. The highest BCUT2D eigenvalue weighted by Crippen LogP contribution is 2.33. The average Bonchev–Trinajstić information content (AvgIpc) is 2.34. The van der Waals surface area contributed by atoms with Gasteiger partial charge in [0.05, 0.1) is 15.7 Å². The summed E-state index contributed by atoms with van der Waals surface area (Å²) >= 11 is 11.9. The fraction of sp³-hybridized carbons (Fsp3) is 0.0833. The minimum absolute atomic E-state index is 0.225. The summed E-state index contributed by atoms with van der Waals surface area (Å²) in [5, 5.41) is 6.40. The van der Waals surface area contributed by atoms with E-state index in [-0.39, 0.29) is 10.0 Å². The topological polar surface area (TPSA) is 37.0 Å². The van der Waals surface area contributed by atoms with Crippen molar-refractivity contribution in [3.63, 3.8) is 0 Å². The number of hydrogen-bond acceptors (Lipinski definition) is 3. The highest BCUT2D eigenvalue weighted by atomic mass is 35.5. The molecule has 0 saturated heterocycles. The van der Waals surface area contributed by atoms with Crippen molar-refractivity contribution in [2.24, 2.45) is 0 Å². The maximum Gasteiger partial charge on any atom is 0.127 e. The maximum atomic E-state index is 13.0. The van der Waals surface area contributed by atoms with Crippen molar-refractivity contribution in [3.8, 4) is 0 Å². The largest absolute Gasteiger partial charge is 0.373 e. The number of rotatable bonds is 3. The Morgan fingerprint density at radius 2 is 1.83 bits per heavy atom. The van der Waals surface area contributed by atoms with Crippen LogP contribution >= 0.6 is 23.2 Å². The van der Waals surface area contributed by atoms with E-state index in [0.717, 1.165) is 5.69 Å². The predicted octanol–water partition coefficient (Wildman–Crippen LogP) is 4.31. The molecule has 0 aliphatic carbocycles. The maximum absolute atomic E-state index is 13.0. The fourth-order valence-corrected chi connectivity index (χ4v) is 2.01. The zero-order chi connectivity index (χ0) is 13.1. The van der Waals surface area contributed by atoms with Gasteiger partial charge in [-0.1, -0.05) is 23.2 Å². The molecule has 0 bridgehead atoms. The first kappa shape index (κ1) is 12.9. The van der Waals surface area contributed by atoms with Crippen molar-refractivity contribution in [1.82, 2.24) is 4.98 Å². The van der Waals surface area contributed by atoms with Gasteiger partial charge in [0, 0.05) is 25.0 Å². The first-order chi connectivity index (χ1) is 8.60. The van der Waals surface area contributed by atoms with E-state index in [4.69, 9.17) is 23.2 Å². The van der Waals surface area contributed by atoms with E-state index in [2.05, 4.69) is 15.6 Å². The van der Waals surface area contributed by atoms with Crippen LogP contribution in [0.2, 0.25) is 10.0 Å². The second kappa shape index (κ2) is 5.42. The van der Waals surface area contributed by atoms with Crippen molar-refractivity contribution in [3.05, 3.63) is 46.3 Å². The molecule has 3 nitrogen and oxygen atoms in total. The Morgan fingerprint density at radius 3 is 2.44 bits per heavy atom. The van der Waals surface area contributed by atoms with Gasteiger partial charge in [0.2, 0.25) is 0 Å². The summed E-state index contributed by atoms with van der Waals surface area (Å²) in [4.78, 5) is 4.08. The standard InChI is InChI=1S/C12H10Cl2FN3/c1-16-11-6-8(2-3-17-11)18-12-9(13)4-7(15)5-10(12)14/h2-6H,1H3,(H2,16,17,18). The number of benzene rings is 1. The lowest BCUT2D eigenvalue weighted by Gasteiger charge is -2.11. The molecule has 2 rings (SSSR count). The Balaban J connectivity index is 2.33. The molecule has 0 saturated carbocycles. The summed E-state index contributed by atoms with van der Waals surface area (Å²) in [7, 11) is 1.77. The minimum Gasteiger partial charge on any atom is -0.373 e. The van der Waals surface area contributed by atoms with Gasteiger partial charge in [0.1, 0.15) is 11.6 Å². The van der Waals surface area contributed by atoms with Crippen LogP contribution in [0.4, 0.5) is 21.6 Å². The van der Waals surface area contributed by atoms with Gasteiger partial charge in [0.15, 0.2) is 0 Å². The second-order valence-electron chi connectivity index (χ2n) is 3.55. The van der Waals surface area contributed by atoms with Crippen LogP contribution in [-0.4, -0.2) is 12.0 Å². The predicted molar refractivity (Wildman–Crippen MR) is 73.5 cm³/mol. The Kier molecular flexibility index (Phi) is 3.89. The summed E-state index contributed by atoms with van der Waals surface area (Å²) in [6.45, 7) is 0. The zero-order valence-electron chi connectivity index (χ0n) is 9.47. The summed E-state index contributed by atoms with van der Waals surface area (Å²) in [5.74, 6) is 0.232. The Morgan fingerprint density at radius 1 is 1.17 bits per heavy atom. The third-order valence-corrected chi connectivity index (χ3v) is 2.89. The van der Waals surface area contributed by atoms with Crippen LogP contribution in [0.25, 0.3) is 0 Å². The van der Waals surface area contributed by atoms with Gasteiger partial charge >= 0.3 is 0 Å². The molecule has 1 aromatic heterocycles. The third-order valence-electron chi connectivity index (χ3n) is 2.29. The molecule has 0 aliphatic rings. The third kappa shape index (κ3) is 2.83. The first-order valence-electron chi connectivity index (χ1n) is 5.15. The lowest BCUT2D eigenvalue weighted by molar-refractivity contribution is 0.628. The van der Waals surface area contributed by atoms with Crippen molar-refractivity contribution in [2.75, 3.05) is 17.7 Å². The SMILES string of the molecule is CNc1cc(Nc2c(Cl)cc(F)cc2Cl)ccn1. The first-order valence-corrected chi connectivity index (χ1v) is 5.91. The van der Waals surface area contributed by atoms with E-state index in [1.165, 1.54) is 12.1 Å². The van der Waals surface area contributed by atoms with Crippen molar-refractivity contribution < 1.29 is 4.39 Å².